The summed E-state index contributed by atoms with van der Waals surface area (Å²) in [7, 11) is 0. The van der Waals surface area contributed by atoms with E-state index in [1.54, 1.807) is 30.3 Å². The molecule has 0 fully saturated rings. The van der Waals surface area contributed by atoms with Crippen molar-refractivity contribution in [3.8, 4) is 11.1 Å². The van der Waals surface area contributed by atoms with Gasteiger partial charge in [-0.1, -0.05) is 41.9 Å². The Morgan fingerprint density at radius 1 is 0.875 bits per heavy atom. The van der Waals surface area contributed by atoms with Crippen LogP contribution >= 0.6 is 11.6 Å². The normalized spacial score (nSPS) is 15.7. The van der Waals surface area contributed by atoms with Crippen molar-refractivity contribution in [3.05, 3.63) is 58.6 Å². The van der Waals surface area contributed by atoms with Crippen molar-refractivity contribution >= 4 is 11.6 Å². The van der Waals surface area contributed by atoms with Crippen LogP contribution in [0.5, 0.6) is 0 Å². The molecule has 2 aromatic carbocycles. The van der Waals surface area contributed by atoms with Gasteiger partial charge in [-0.2, -0.15) is 8.78 Å². The first-order valence-corrected chi connectivity index (χ1v) is 5.26. The zero-order valence-electron chi connectivity index (χ0n) is 8.18. The molecule has 0 nitrogen and oxygen atoms in total. The van der Waals surface area contributed by atoms with Gasteiger partial charge in [0.1, 0.15) is 0 Å². The molecular weight excluding hydrogens is 230 g/mol. The molecule has 0 N–H and O–H groups in total. The van der Waals surface area contributed by atoms with E-state index in [2.05, 4.69) is 0 Å². The van der Waals surface area contributed by atoms with E-state index >= 15 is 0 Å². The predicted octanol–water partition coefficient (Wildman–Crippen LogP) is 4.46. The minimum absolute atomic E-state index is 0.00111. The van der Waals surface area contributed by atoms with E-state index in [0.29, 0.717) is 16.1 Å². The maximum atomic E-state index is 14.1. The summed E-state index contributed by atoms with van der Waals surface area (Å²) in [5, 5.41) is 0.339. The monoisotopic (exact) mass is 236 g/mol. The van der Waals surface area contributed by atoms with E-state index in [4.69, 9.17) is 11.6 Å². The van der Waals surface area contributed by atoms with Crippen LogP contribution in [-0.2, 0) is 5.92 Å². The summed E-state index contributed by atoms with van der Waals surface area (Å²) in [6.07, 6.45) is 0. The van der Waals surface area contributed by atoms with Gasteiger partial charge < -0.3 is 0 Å². The quantitative estimate of drug-likeness (QED) is 0.634. The molecule has 1 aliphatic rings. The summed E-state index contributed by atoms with van der Waals surface area (Å²) in [4.78, 5) is 0. The molecule has 0 spiro atoms. The third-order valence-corrected chi connectivity index (χ3v) is 3.11. The van der Waals surface area contributed by atoms with Crippen molar-refractivity contribution in [2.75, 3.05) is 0 Å². The highest BCUT2D eigenvalue weighted by atomic mass is 35.5. The molecule has 0 atom stereocenters. The van der Waals surface area contributed by atoms with Crippen LogP contribution in [0.25, 0.3) is 11.1 Å². The van der Waals surface area contributed by atoms with Gasteiger partial charge in [-0.25, -0.2) is 0 Å². The number of rotatable bonds is 0. The van der Waals surface area contributed by atoms with E-state index in [-0.39, 0.29) is 11.1 Å². The minimum Gasteiger partial charge on any atom is -0.196 e. The van der Waals surface area contributed by atoms with Crippen LogP contribution in [0.15, 0.2) is 42.5 Å². The standard InChI is InChI=1S/C13H7ClF2/c14-8-5-6-10-9-3-1-2-4-11(9)13(15,16)12(10)7-8/h1-7H. The van der Waals surface area contributed by atoms with Crippen LogP contribution in [0.3, 0.4) is 0 Å². The van der Waals surface area contributed by atoms with Crippen molar-refractivity contribution in [3.63, 3.8) is 0 Å². The smallest absolute Gasteiger partial charge is 0.196 e. The average molecular weight is 237 g/mol. The van der Waals surface area contributed by atoms with E-state index in [1.165, 1.54) is 12.1 Å². The number of alkyl halides is 2. The Morgan fingerprint density at radius 2 is 1.56 bits per heavy atom. The highest BCUT2D eigenvalue weighted by molar-refractivity contribution is 6.30. The summed E-state index contributed by atoms with van der Waals surface area (Å²) in [6.45, 7) is 0. The first-order chi connectivity index (χ1) is 7.60. The maximum absolute atomic E-state index is 14.1. The third-order valence-electron chi connectivity index (χ3n) is 2.88. The van der Waals surface area contributed by atoms with E-state index in [9.17, 15) is 8.78 Å². The number of benzene rings is 2. The zero-order chi connectivity index (χ0) is 11.3. The Hall–Kier alpha value is -1.41. The van der Waals surface area contributed by atoms with Crippen LogP contribution in [0, 0.1) is 0 Å². The fourth-order valence-corrected chi connectivity index (χ4v) is 2.32. The second-order valence-corrected chi connectivity index (χ2v) is 4.25. The van der Waals surface area contributed by atoms with Crippen LogP contribution in [0.1, 0.15) is 11.1 Å². The third kappa shape index (κ3) is 1.14. The lowest BCUT2D eigenvalue weighted by atomic mass is 10.1. The predicted molar refractivity (Wildman–Crippen MR) is 59.9 cm³/mol. The van der Waals surface area contributed by atoms with Crippen molar-refractivity contribution in [1.29, 1.82) is 0 Å². The zero-order valence-corrected chi connectivity index (χ0v) is 8.93. The molecule has 0 saturated heterocycles. The topological polar surface area (TPSA) is 0 Å². The van der Waals surface area contributed by atoms with Gasteiger partial charge in [-0.3, -0.25) is 0 Å². The fourth-order valence-electron chi connectivity index (χ4n) is 2.15. The van der Waals surface area contributed by atoms with E-state index in [1.807, 2.05) is 0 Å². The number of halogens is 3. The molecule has 3 rings (SSSR count). The molecule has 80 valence electrons. The first kappa shape index (κ1) is 9.79. The molecular formula is C13H7ClF2. The van der Waals surface area contributed by atoms with Gasteiger partial charge in [0.05, 0.1) is 0 Å². The Morgan fingerprint density at radius 3 is 2.38 bits per heavy atom. The Labute approximate surface area is 96.5 Å². The van der Waals surface area contributed by atoms with Crippen LogP contribution < -0.4 is 0 Å². The molecule has 2 aromatic rings. The van der Waals surface area contributed by atoms with E-state index < -0.39 is 5.92 Å². The van der Waals surface area contributed by atoms with Crippen molar-refractivity contribution in [2.24, 2.45) is 0 Å². The lowest BCUT2D eigenvalue weighted by Gasteiger charge is -2.11. The van der Waals surface area contributed by atoms with Gasteiger partial charge in [0.15, 0.2) is 0 Å². The van der Waals surface area contributed by atoms with Crippen molar-refractivity contribution < 1.29 is 8.78 Å². The largest absolute Gasteiger partial charge is 0.299 e. The van der Waals surface area contributed by atoms with Gasteiger partial charge in [-0.15, -0.1) is 0 Å². The molecule has 1 aliphatic carbocycles. The van der Waals surface area contributed by atoms with Gasteiger partial charge in [0.25, 0.3) is 5.92 Å². The van der Waals surface area contributed by atoms with Gasteiger partial charge >= 0.3 is 0 Å². The number of hydrogen-bond acceptors (Lipinski definition) is 0. The molecule has 3 heteroatoms. The number of fused-ring (bicyclic) bond motifs is 3. The molecule has 0 bridgehead atoms. The highest BCUT2D eigenvalue weighted by Gasteiger charge is 2.43. The SMILES string of the molecule is FC1(F)c2ccccc2-c2ccc(Cl)cc21. The summed E-state index contributed by atoms with van der Waals surface area (Å²) < 4.78 is 28.1. The minimum atomic E-state index is -2.93. The Kier molecular flexibility index (Phi) is 1.86. The first-order valence-electron chi connectivity index (χ1n) is 4.88. The van der Waals surface area contributed by atoms with Gasteiger partial charge in [-0.05, 0) is 23.3 Å². The van der Waals surface area contributed by atoms with Crippen molar-refractivity contribution in [1.82, 2.24) is 0 Å². The molecule has 0 heterocycles. The summed E-state index contributed by atoms with van der Waals surface area (Å²) in [6, 6.07) is 11.2. The summed E-state index contributed by atoms with van der Waals surface area (Å²) in [5.74, 6) is -2.93. The molecule has 0 unspecified atom stereocenters. The highest BCUT2D eigenvalue weighted by Crippen LogP contribution is 2.51. The Bertz CT molecular complexity index is 576. The van der Waals surface area contributed by atoms with Crippen LogP contribution in [0.2, 0.25) is 5.02 Å². The van der Waals surface area contributed by atoms with Gasteiger partial charge in [0, 0.05) is 16.1 Å². The molecule has 0 amide bonds. The molecule has 0 aliphatic heterocycles. The fraction of sp³-hybridized carbons (Fsp3) is 0.0769. The average Bonchev–Trinajstić information content (AvgIpc) is 2.49. The van der Waals surface area contributed by atoms with Crippen LogP contribution in [0.4, 0.5) is 8.78 Å². The second-order valence-electron chi connectivity index (χ2n) is 3.81. The second kappa shape index (κ2) is 3.05. The van der Waals surface area contributed by atoms with Crippen LogP contribution in [-0.4, -0.2) is 0 Å². The number of hydrogen-bond donors (Lipinski definition) is 0. The summed E-state index contributed by atoms with van der Waals surface area (Å²) in [5.41, 5.74) is 1.23. The summed E-state index contributed by atoms with van der Waals surface area (Å²) >= 11 is 5.76. The molecule has 0 aromatic heterocycles. The maximum Gasteiger partial charge on any atom is 0.299 e. The lowest BCUT2D eigenvalue weighted by molar-refractivity contribution is 0.0480. The molecule has 0 radical (unpaired) electrons. The van der Waals surface area contributed by atoms with Crippen molar-refractivity contribution in [2.45, 2.75) is 5.92 Å². The molecule has 16 heavy (non-hydrogen) atoms. The molecule has 0 saturated carbocycles. The van der Waals surface area contributed by atoms with Gasteiger partial charge in [0.2, 0.25) is 0 Å². The van der Waals surface area contributed by atoms with E-state index in [0.717, 1.165) is 0 Å². The lowest BCUT2D eigenvalue weighted by Crippen LogP contribution is -2.10. The Balaban J connectivity index is 2.39.